The molecule has 3 unspecified atom stereocenters. The maximum Gasteiger partial charge on any atom is 0.342 e. The summed E-state index contributed by atoms with van der Waals surface area (Å²) >= 11 is 0. The van der Waals surface area contributed by atoms with E-state index in [-0.39, 0.29) is 35.4 Å². The number of benzene rings is 1. The molecule has 0 bridgehead atoms. The first-order chi connectivity index (χ1) is 12.4. The molecule has 2 N–H and O–H groups in total. The Morgan fingerprint density at radius 1 is 1.19 bits per heavy atom. The first kappa shape index (κ1) is 18.3. The fraction of sp³-hybridized carbons (Fsp3) is 0.381. The van der Waals surface area contributed by atoms with Gasteiger partial charge in [0.05, 0.1) is 6.10 Å². The highest BCUT2D eigenvalue weighted by molar-refractivity contribution is 5.95. The highest BCUT2D eigenvalue weighted by Crippen LogP contribution is 2.35. The van der Waals surface area contributed by atoms with Gasteiger partial charge in [-0.05, 0) is 37.8 Å². The molecule has 0 aromatic heterocycles. The molecule has 26 heavy (non-hydrogen) atoms. The van der Waals surface area contributed by atoms with Crippen molar-refractivity contribution < 1.29 is 24.5 Å². The Hall–Kier alpha value is -2.53. The average Bonchev–Trinajstić information content (AvgIpc) is 3.30. The van der Waals surface area contributed by atoms with Gasteiger partial charge in [-0.3, -0.25) is 0 Å². The number of hydrogen-bond donors (Lipinski definition) is 2. The van der Waals surface area contributed by atoms with Crippen LogP contribution in [0.2, 0.25) is 0 Å². The van der Waals surface area contributed by atoms with Gasteiger partial charge in [0.1, 0.15) is 29.3 Å². The van der Waals surface area contributed by atoms with Crippen LogP contribution in [0.25, 0.3) is 0 Å². The minimum Gasteiger partial charge on any atom is -0.508 e. The van der Waals surface area contributed by atoms with Crippen LogP contribution >= 0.6 is 0 Å². The van der Waals surface area contributed by atoms with E-state index in [9.17, 15) is 15.0 Å². The van der Waals surface area contributed by atoms with Crippen molar-refractivity contribution in [3.05, 3.63) is 59.2 Å². The number of carbonyl (C=O) groups excluding carboxylic acids is 1. The smallest absolute Gasteiger partial charge is 0.342 e. The lowest BCUT2D eigenvalue weighted by molar-refractivity contribution is 0.0305. The number of cyclic esters (lactones) is 1. The molecule has 1 aromatic carbocycles. The fourth-order valence-electron chi connectivity index (χ4n) is 3.21. The van der Waals surface area contributed by atoms with Crippen molar-refractivity contribution in [1.29, 1.82) is 0 Å². The van der Waals surface area contributed by atoms with Crippen LogP contribution in [0, 0.1) is 6.92 Å². The van der Waals surface area contributed by atoms with Gasteiger partial charge >= 0.3 is 5.97 Å². The van der Waals surface area contributed by atoms with Crippen molar-refractivity contribution in [1.82, 2.24) is 0 Å². The summed E-state index contributed by atoms with van der Waals surface area (Å²) in [5.74, 6) is -0.900. The molecule has 0 saturated carbocycles. The van der Waals surface area contributed by atoms with Gasteiger partial charge in [0.15, 0.2) is 0 Å². The number of carbonyl (C=O) groups is 1. The molecule has 1 aromatic rings. The predicted octanol–water partition coefficient (Wildman–Crippen LogP) is 3.72. The summed E-state index contributed by atoms with van der Waals surface area (Å²) in [6, 6.07) is 1.19. The van der Waals surface area contributed by atoms with E-state index in [2.05, 4.69) is 6.58 Å². The van der Waals surface area contributed by atoms with Crippen LogP contribution in [0.4, 0.5) is 0 Å². The van der Waals surface area contributed by atoms with Gasteiger partial charge in [-0.25, -0.2) is 4.79 Å². The number of epoxide rings is 1. The molecule has 3 atom stereocenters. The predicted molar refractivity (Wildman–Crippen MR) is 98.4 cm³/mol. The van der Waals surface area contributed by atoms with Gasteiger partial charge in [-0.2, -0.15) is 0 Å². The van der Waals surface area contributed by atoms with E-state index in [0.29, 0.717) is 30.4 Å². The summed E-state index contributed by atoms with van der Waals surface area (Å²) in [6.45, 7) is 7.55. The topological polar surface area (TPSA) is 79.3 Å². The standard InChI is InChI=1S/C21H24O5/c1-12-6-4-5-7-18-19(26-18)10-13(2)25-21(24)20-15(9-8-12)14(3)16(22)11-17(20)23/h4-7,11,13,18-19,22-23H,1,8-10H2,2-3H3/b6-4+,7-5-. The SMILES string of the molecule is C=C1/C=C/C=C\C2OC2CC(C)OC(=O)c2c(O)cc(O)c(C)c2CC1. The van der Waals surface area contributed by atoms with Crippen LogP contribution in [0.3, 0.4) is 0 Å². The number of hydrogen-bond acceptors (Lipinski definition) is 5. The van der Waals surface area contributed by atoms with Crippen LogP contribution in [0.15, 0.2) is 42.5 Å². The third-order valence-corrected chi connectivity index (χ3v) is 4.81. The van der Waals surface area contributed by atoms with Crippen molar-refractivity contribution in [3.63, 3.8) is 0 Å². The minimum absolute atomic E-state index is 0.0328. The Balaban J connectivity index is 1.95. The molecule has 138 valence electrons. The largest absolute Gasteiger partial charge is 0.508 e. The maximum absolute atomic E-state index is 12.7. The molecule has 0 amide bonds. The minimum atomic E-state index is -0.586. The summed E-state index contributed by atoms with van der Waals surface area (Å²) in [7, 11) is 0. The third-order valence-electron chi connectivity index (χ3n) is 4.81. The number of phenols is 2. The van der Waals surface area contributed by atoms with E-state index in [0.717, 1.165) is 5.57 Å². The molecule has 2 aliphatic rings. The molecule has 0 radical (unpaired) electrons. The zero-order valence-corrected chi connectivity index (χ0v) is 15.1. The van der Waals surface area contributed by atoms with Crippen LogP contribution in [0.5, 0.6) is 11.5 Å². The molecule has 2 aliphatic heterocycles. The summed E-state index contributed by atoms with van der Waals surface area (Å²) < 4.78 is 11.1. The van der Waals surface area contributed by atoms with Gasteiger partial charge in [0.2, 0.25) is 0 Å². The van der Waals surface area contributed by atoms with E-state index in [1.165, 1.54) is 6.07 Å². The third kappa shape index (κ3) is 3.99. The molecular formula is C21H24O5. The first-order valence-electron chi connectivity index (χ1n) is 8.80. The lowest BCUT2D eigenvalue weighted by Gasteiger charge is -2.18. The van der Waals surface area contributed by atoms with Gasteiger partial charge in [0.25, 0.3) is 0 Å². The van der Waals surface area contributed by atoms with E-state index in [1.54, 1.807) is 6.92 Å². The van der Waals surface area contributed by atoms with Crippen LogP contribution < -0.4 is 0 Å². The number of allylic oxidation sites excluding steroid dienone is 4. The molecule has 2 heterocycles. The van der Waals surface area contributed by atoms with Crippen molar-refractivity contribution in [2.45, 2.75) is 51.4 Å². The Morgan fingerprint density at radius 3 is 2.73 bits per heavy atom. The molecule has 0 aliphatic carbocycles. The monoisotopic (exact) mass is 356 g/mol. The molecule has 1 fully saturated rings. The van der Waals surface area contributed by atoms with E-state index in [4.69, 9.17) is 9.47 Å². The van der Waals surface area contributed by atoms with Crippen molar-refractivity contribution in [3.8, 4) is 11.5 Å². The van der Waals surface area contributed by atoms with Gasteiger partial charge in [0, 0.05) is 12.5 Å². The number of rotatable bonds is 0. The van der Waals surface area contributed by atoms with Crippen molar-refractivity contribution >= 4 is 5.97 Å². The summed E-state index contributed by atoms with van der Waals surface area (Å²) in [5.41, 5.74) is 2.15. The molecule has 1 saturated heterocycles. The second kappa shape index (κ2) is 7.38. The summed E-state index contributed by atoms with van der Waals surface area (Å²) in [5, 5.41) is 20.3. The lowest BCUT2D eigenvalue weighted by Crippen LogP contribution is -2.19. The van der Waals surface area contributed by atoms with Crippen LogP contribution in [-0.2, 0) is 15.9 Å². The average molecular weight is 356 g/mol. The summed E-state index contributed by atoms with van der Waals surface area (Å²) in [6.07, 6.45) is 9.11. The molecule has 5 heteroatoms. The summed E-state index contributed by atoms with van der Waals surface area (Å²) in [4.78, 5) is 12.7. The molecular weight excluding hydrogens is 332 g/mol. The Morgan fingerprint density at radius 2 is 1.96 bits per heavy atom. The quantitative estimate of drug-likeness (QED) is 0.547. The Labute approximate surface area is 153 Å². The van der Waals surface area contributed by atoms with Gasteiger partial charge < -0.3 is 19.7 Å². The number of aromatic hydroxyl groups is 2. The Kier molecular flexibility index (Phi) is 5.18. The second-order valence-electron chi connectivity index (χ2n) is 6.89. The maximum atomic E-state index is 12.7. The van der Waals surface area contributed by atoms with Gasteiger partial charge in [-0.1, -0.05) is 36.5 Å². The highest BCUT2D eigenvalue weighted by Gasteiger charge is 2.38. The number of fused-ring (bicyclic) bond motifs is 2. The highest BCUT2D eigenvalue weighted by atomic mass is 16.6. The zero-order chi connectivity index (χ0) is 18.8. The first-order valence-corrected chi connectivity index (χ1v) is 8.80. The van der Waals surface area contributed by atoms with Crippen LogP contribution in [-0.4, -0.2) is 34.5 Å². The van der Waals surface area contributed by atoms with Crippen LogP contribution in [0.1, 0.15) is 41.3 Å². The number of phenolic OH excluding ortho intramolecular Hbond substituents is 2. The molecule has 3 rings (SSSR count). The normalized spacial score (nSPS) is 28.8. The van der Waals surface area contributed by atoms with Gasteiger partial charge in [-0.15, -0.1) is 0 Å². The molecule has 0 spiro atoms. The number of esters is 1. The van der Waals surface area contributed by atoms with Crippen molar-refractivity contribution in [2.24, 2.45) is 0 Å². The lowest BCUT2D eigenvalue weighted by atomic mass is 9.94. The Bertz CT molecular complexity index is 790. The van der Waals surface area contributed by atoms with E-state index < -0.39 is 5.97 Å². The second-order valence-corrected chi connectivity index (χ2v) is 6.89. The fourth-order valence-corrected chi connectivity index (χ4v) is 3.21. The number of ether oxygens (including phenoxy) is 2. The van der Waals surface area contributed by atoms with E-state index >= 15 is 0 Å². The van der Waals surface area contributed by atoms with E-state index in [1.807, 2.05) is 31.2 Å². The van der Waals surface area contributed by atoms with Crippen molar-refractivity contribution in [2.75, 3.05) is 0 Å². The zero-order valence-electron chi connectivity index (χ0n) is 15.1. The molecule has 5 nitrogen and oxygen atoms in total.